The number of hydrogen-bond donors (Lipinski definition) is 2. The molecular weight excluding hydrogens is 436 g/mol. The molecule has 10 heteroatoms. The summed E-state index contributed by atoms with van der Waals surface area (Å²) in [5, 5.41) is 9.73. The van der Waals surface area contributed by atoms with Gasteiger partial charge in [-0.2, -0.15) is 0 Å². The van der Waals surface area contributed by atoms with Crippen molar-refractivity contribution in [1.82, 2.24) is 9.55 Å². The molecule has 2 aromatic heterocycles. The molecule has 3 heterocycles. The van der Waals surface area contributed by atoms with Gasteiger partial charge >= 0.3 is 11.7 Å². The molecule has 0 amide bonds. The average Bonchev–Trinajstić information content (AvgIpc) is 3.14. The van der Waals surface area contributed by atoms with E-state index in [9.17, 15) is 19.5 Å². The van der Waals surface area contributed by atoms with Gasteiger partial charge in [0.15, 0.2) is 0 Å². The van der Waals surface area contributed by atoms with Crippen molar-refractivity contribution < 1.29 is 24.1 Å². The van der Waals surface area contributed by atoms with Crippen LogP contribution in [0.15, 0.2) is 33.9 Å². The Morgan fingerprint density at radius 1 is 1.31 bits per heavy atom. The van der Waals surface area contributed by atoms with Crippen LogP contribution in [0.2, 0.25) is 0 Å². The number of aromatic nitrogens is 2. The molecule has 0 aliphatic carbocycles. The number of H-pyrrole nitrogens is 1. The lowest BCUT2D eigenvalue weighted by Gasteiger charge is -2.29. The highest BCUT2D eigenvalue weighted by Crippen LogP contribution is 2.33. The van der Waals surface area contributed by atoms with Gasteiger partial charge in [-0.25, -0.2) is 9.59 Å². The second kappa shape index (κ2) is 9.27. The first-order chi connectivity index (χ1) is 15.4. The van der Waals surface area contributed by atoms with E-state index in [4.69, 9.17) is 14.2 Å². The van der Waals surface area contributed by atoms with Crippen molar-refractivity contribution in [1.29, 1.82) is 0 Å². The Hall–Kier alpha value is -2.95. The van der Waals surface area contributed by atoms with Crippen LogP contribution in [-0.4, -0.2) is 47.1 Å². The summed E-state index contributed by atoms with van der Waals surface area (Å²) in [6.07, 6.45) is 0.829. The minimum Gasteiger partial charge on any atom is -0.496 e. The molecule has 1 aromatic carbocycles. The zero-order valence-corrected chi connectivity index (χ0v) is 18.6. The Balaban J connectivity index is 1.83. The molecule has 170 valence electrons. The SMILES string of the molecule is COc1ccccc1[C@H](Cn1c(=O)[nH]c(=O)c2c(C)c(C(=O)O)sc21)OC1CCOCC1. The number of carboxylic acids is 1. The molecule has 2 N–H and O–H groups in total. The maximum Gasteiger partial charge on any atom is 0.346 e. The molecule has 3 aromatic rings. The van der Waals surface area contributed by atoms with Crippen molar-refractivity contribution in [3.63, 3.8) is 0 Å². The topological polar surface area (TPSA) is 120 Å². The fourth-order valence-corrected chi connectivity index (χ4v) is 5.15. The Kier molecular flexibility index (Phi) is 6.45. The van der Waals surface area contributed by atoms with Crippen LogP contribution in [0.4, 0.5) is 0 Å². The number of ether oxygens (including phenoxy) is 3. The summed E-state index contributed by atoms with van der Waals surface area (Å²) in [4.78, 5) is 39.6. The van der Waals surface area contributed by atoms with E-state index in [1.165, 1.54) is 4.57 Å². The average molecular weight is 461 g/mol. The van der Waals surface area contributed by atoms with Crippen molar-refractivity contribution in [2.24, 2.45) is 0 Å². The van der Waals surface area contributed by atoms with E-state index in [1.807, 2.05) is 24.3 Å². The van der Waals surface area contributed by atoms with E-state index in [1.54, 1.807) is 14.0 Å². The first-order valence-corrected chi connectivity index (χ1v) is 11.1. The monoisotopic (exact) mass is 460 g/mol. The van der Waals surface area contributed by atoms with Crippen LogP contribution in [0.25, 0.3) is 10.2 Å². The number of aromatic amines is 1. The van der Waals surface area contributed by atoms with Gasteiger partial charge in [0.25, 0.3) is 5.56 Å². The summed E-state index contributed by atoms with van der Waals surface area (Å²) in [6, 6.07) is 7.40. The van der Waals surface area contributed by atoms with Gasteiger partial charge in [-0.3, -0.25) is 14.3 Å². The predicted octanol–water partition coefficient (Wildman–Crippen LogP) is 2.70. The number of nitrogens with one attached hydrogen (secondary N) is 1. The quantitative estimate of drug-likeness (QED) is 0.556. The Morgan fingerprint density at radius 3 is 2.72 bits per heavy atom. The second-order valence-corrected chi connectivity index (χ2v) is 8.59. The lowest BCUT2D eigenvalue weighted by Crippen LogP contribution is -2.33. The third kappa shape index (κ3) is 4.21. The van der Waals surface area contributed by atoms with Gasteiger partial charge in [-0.05, 0) is 31.4 Å². The molecule has 1 aliphatic heterocycles. The van der Waals surface area contributed by atoms with E-state index < -0.39 is 23.3 Å². The van der Waals surface area contributed by atoms with E-state index in [2.05, 4.69) is 4.98 Å². The number of para-hydroxylation sites is 1. The minimum atomic E-state index is -1.14. The van der Waals surface area contributed by atoms with Crippen LogP contribution in [0, 0.1) is 6.92 Å². The minimum absolute atomic E-state index is 0.0315. The Labute approximate surface area is 187 Å². The molecule has 0 saturated carbocycles. The maximum atomic E-state index is 12.8. The molecule has 32 heavy (non-hydrogen) atoms. The lowest BCUT2D eigenvalue weighted by molar-refractivity contribution is -0.0752. The zero-order valence-electron chi connectivity index (χ0n) is 17.8. The van der Waals surface area contributed by atoms with Crippen molar-refractivity contribution in [2.75, 3.05) is 20.3 Å². The van der Waals surface area contributed by atoms with Crippen LogP contribution >= 0.6 is 11.3 Å². The molecule has 1 saturated heterocycles. The highest BCUT2D eigenvalue weighted by Gasteiger charge is 2.27. The number of benzene rings is 1. The molecule has 1 atom stereocenters. The zero-order chi connectivity index (χ0) is 22.8. The summed E-state index contributed by atoms with van der Waals surface area (Å²) in [6.45, 7) is 2.85. The van der Waals surface area contributed by atoms with Gasteiger partial charge < -0.3 is 19.3 Å². The number of carbonyl (C=O) groups is 1. The third-order valence-corrected chi connectivity index (χ3v) is 6.92. The standard InChI is InChI=1S/C22H24N2O7S/c1-12-17-19(25)23-22(28)24(20(17)32-18(12)21(26)27)11-16(31-13-7-9-30-10-8-13)14-5-3-4-6-15(14)29-2/h3-6,13,16H,7-11H2,1-2H3,(H,26,27)(H,23,25,28)/t16-/m0/s1. The van der Waals surface area contributed by atoms with Gasteiger partial charge in [0.1, 0.15) is 21.6 Å². The molecule has 0 spiro atoms. The summed E-state index contributed by atoms with van der Waals surface area (Å²) < 4.78 is 18.7. The van der Waals surface area contributed by atoms with Crippen molar-refractivity contribution in [3.05, 3.63) is 61.1 Å². The molecular formula is C22H24N2O7S. The molecule has 4 rings (SSSR count). The molecule has 0 radical (unpaired) electrons. The van der Waals surface area contributed by atoms with Crippen LogP contribution in [0.5, 0.6) is 5.75 Å². The van der Waals surface area contributed by atoms with Gasteiger partial charge in [0, 0.05) is 18.8 Å². The van der Waals surface area contributed by atoms with Crippen molar-refractivity contribution in [2.45, 2.75) is 38.5 Å². The highest BCUT2D eigenvalue weighted by atomic mass is 32.1. The number of nitrogens with zero attached hydrogens (tertiary/aromatic N) is 1. The number of thiophene rings is 1. The first-order valence-electron chi connectivity index (χ1n) is 10.3. The molecule has 0 unspecified atom stereocenters. The molecule has 9 nitrogen and oxygen atoms in total. The number of aromatic carboxylic acids is 1. The third-order valence-electron chi connectivity index (χ3n) is 5.62. The summed E-state index contributed by atoms with van der Waals surface area (Å²) in [5.74, 6) is -0.520. The molecule has 1 aliphatic rings. The van der Waals surface area contributed by atoms with Crippen molar-refractivity contribution >= 4 is 27.5 Å². The summed E-state index contributed by atoms with van der Waals surface area (Å²) >= 11 is 0.917. The smallest absolute Gasteiger partial charge is 0.346 e. The fraction of sp³-hybridized carbons (Fsp3) is 0.409. The van der Waals surface area contributed by atoms with Crippen LogP contribution in [0.1, 0.15) is 39.7 Å². The first kappa shape index (κ1) is 22.3. The lowest BCUT2D eigenvalue weighted by atomic mass is 10.1. The van der Waals surface area contributed by atoms with Crippen LogP contribution in [-0.2, 0) is 16.0 Å². The summed E-state index contributed by atoms with van der Waals surface area (Å²) in [7, 11) is 1.57. The molecule has 0 bridgehead atoms. The molecule has 1 fully saturated rings. The Morgan fingerprint density at radius 2 is 2.03 bits per heavy atom. The number of hydrogen-bond acceptors (Lipinski definition) is 7. The van der Waals surface area contributed by atoms with Crippen LogP contribution < -0.4 is 16.0 Å². The van der Waals surface area contributed by atoms with Crippen LogP contribution in [0.3, 0.4) is 0 Å². The van der Waals surface area contributed by atoms with E-state index in [-0.39, 0.29) is 22.9 Å². The van der Waals surface area contributed by atoms with Gasteiger partial charge in [0.05, 0.1) is 25.1 Å². The number of rotatable bonds is 7. The van der Waals surface area contributed by atoms with E-state index in [0.29, 0.717) is 29.4 Å². The number of fused-ring (bicyclic) bond motifs is 1. The largest absolute Gasteiger partial charge is 0.496 e. The van der Waals surface area contributed by atoms with Gasteiger partial charge in [-0.1, -0.05) is 18.2 Å². The fourth-order valence-electron chi connectivity index (χ4n) is 4.00. The van der Waals surface area contributed by atoms with Crippen molar-refractivity contribution in [3.8, 4) is 5.75 Å². The number of aryl methyl sites for hydroxylation is 1. The normalized spacial score (nSPS) is 15.7. The second-order valence-electron chi connectivity index (χ2n) is 7.59. The highest BCUT2D eigenvalue weighted by molar-refractivity contribution is 7.20. The summed E-state index contributed by atoms with van der Waals surface area (Å²) in [5.41, 5.74) is -0.107. The van der Waals surface area contributed by atoms with E-state index >= 15 is 0 Å². The van der Waals surface area contributed by atoms with Gasteiger partial charge in [0.2, 0.25) is 0 Å². The number of carboxylic acid groups (broad SMARTS) is 1. The predicted molar refractivity (Wildman–Crippen MR) is 119 cm³/mol. The van der Waals surface area contributed by atoms with E-state index in [0.717, 1.165) is 29.7 Å². The Bertz CT molecular complexity index is 1250. The number of methoxy groups -OCH3 is 1. The van der Waals surface area contributed by atoms with Gasteiger partial charge in [-0.15, -0.1) is 11.3 Å². The maximum absolute atomic E-state index is 12.8.